The number of aliphatic hydroxyl groups is 1. The molecule has 0 spiro atoms. The van der Waals surface area contributed by atoms with Crippen LogP contribution in [0.4, 0.5) is 0 Å². The van der Waals surface area contributed by atoms with E-state index in [4.69, 9.17) is 9.47 Å². The van der Waals surface area contributed by atoms with Gasteiger partial charge >= 0.3 is 11.9 Å². The van der Waals surface area contributed by atoms with Crippen LogP contribution in [0.15, 0.2) is 72.8 Å². The summed E-state index contributed by atoms with van der Waals surface area (Å²) in [5, 5.41) is 11.8. The van der Waals surface area contributed by atoms with Crippen LogP contribution in [0.3, 0.4) is 0 Å². The molecule has 3 aromatic rings. The summed E-state index contributed by atoms with van der Waals surface area (Å²) in [6.45, 7) is 3.24. The number of aryl methyl sites for hydroxylation is 1. The molecule has 0 saturated carbocycles. The molecule has 4 atom stereocenters. The lowest BCUT2D eigenvalue weighted by atomic mass is 9.86. The summed E-state index contributed by atoms with van der Waals surface area (Å²) in [5.74, 6) is -0.723. The Kier molecular flexibility index (Phi) is 10.3. The first-order valence-corrected chi connectivity index (χ1v) is 15.3. The molecule has 0 aliphatic carbocycles. The molecule has 0 amide bonds. The predicted octanol–water partition coefficient (Wildman–Crippen LogP) is 2.76. The van der Waals surface area contributed by atoms with Crippen LogP contribution in [0.1, 0.15) is 66.3 Å². The lowest BCUT2D eigenvalue weighted by Gasteiger charge is -2.47. The van der Waals surface area contributed by atoms with Crippen LogP contribution in [0.2, 0.25) is 0 Å². The van der Waals surface area contributed by atoms with Gasteiger partial charge < -0.3 is 31.5 Å². The third-order valence-corrected chi connectivity index (χ3v) is 9.98. The Morgan fingerprint density at radius 2 is 1.49 bits per heavy atom. The maximum absolute atomic E-state index is 13.7. The van der Waals surface area contributed by atoms with Crippen LogP contribution in [-0.2, 0) is 37.6 Å². The number of quaternary nitrogens is 1. The normalized spacial score (nSPS) is 23.4. The lowest BCUT2D eigenvalue weighted by molar-refractivity contribution is -0.961. The Hall–Kier alpha value is -2.71. The summed E-state index contributed by atoms with van der Waals surface area (Å²) in [6, 6.07) is 23.4. The topological polar surface area (TPSA) is 72.8 Å². The predicted molar refractivity (Wildman–Crippen MR) is 156 cm³/mol. The molecule has 1 N–H and O–H groups in total. The number of hydrogen-bond acceptors (Lipinski definition) is 6. The van der Waals surface area contributed by atoms with E-state index >= 15 is 0 Å². The lowest BCUT2D eigenvalue weighted by Crippen LogP contribution is -3.00. The number of thiophene rings is 1. The third kappa shape index (κ3) is 6.69. The number of carbonyl (C=O) groups is 2. The van der Waals surface area contributed by atoms with Crippen molar-refractivity contribution in [3.8, 4) is 0 Å². The van der Waals surface area contributed by atoms with Gasteiger partial charge in [-0.1, -0.05) is 60.7 Å². The van der Waals surface area contributed by atoms with Gasteiger partial charge in [0.05, 0.1) is 30.6 Å². The van der Waals surface area contributed by atoms with Gasteiger partial charge in [-0.3, -0.25) is 4.79 Å². The number of nitrogens with zero attached hydrogens (tertiary/aromatic N) is 1. The van der Waals surface area contributed by atoms with Crippen LogP contribution < -0.4 is 12.4 Å². The first kappa shape index (κ1) is 31.2. The zero-order chi connectivity index (χ0) is 28.2. The molecule has 1 aromatic heterocycles. The quantitative estimate of drug-likeness (QED) is 0.272. The molecule has 220 valence electrons. The largest absolute Gasteiger partial charge is 1.00 e. The number of ether oxygens (including phenoxy) is 2. The number of hydrogen-bond donors (Lipinski definition) is 1. The highest BCUT2D eigenvalue weighted by Gasteiger charge is 2.53. The van der Waals surface area contributed by atoms with Crippen molar-refractivity contribution >= 4 is 23.3 Å². The van der Waals surface area contributed by atoms with Crippen molar-refractivity contribution in [1.82, 2.24) is 0 Å². The van der Waals surface area contributed by atoms with E-state index in [0.29, 0.717) is 36.2 Å². The second-order valence-electron chi connectivity index (χ2n) is 11.4. The SMILES string of the molecule is CCOC(=O)CCCc1ccc(C[N@+]2(C)[C@@H]3CC[C@H]2C[C@@H](OC(=O)C(O)(c2ccccc2)c2ccccc2)C3)s1.[Cl-]. The Labute approximate surface area is 253 Å². The summed E-state index contributed by atoms with van der Waals surface area (Å²) in [4.78, 5) is 28.0. The minimum atomic E-state index is -1.85. The molecule has 2 aliphatic rings. The molecule has 6 nitrogen and oxygen atoms in total. The highest BCUT2D eigenvalue weighted by Crippen LogP contribution is 2.45. The van der Waals surface area contributed by atoms with Crippen LogP contribution in [0.25, 0.3) is 0 Å². The molecular formula is C33H40ClNO5S. The highest BCUT2D eigenvalue weighted by molar-refractivity contribution is 7.11. The summed E-state index contributed by atoms with van der Waals surface area (Å²) in [7, 11) is 2.35. The molecule has 5 rings (SSSR count). The summed E-state index contributed by atoms with van der Waals surface area (Å²) in [5.41, 5.74) is -0.819. The second kappa shape index (κ2) is 13.5. The monoisotopic (exact) mass is 597 g/mol. The molecule has 0 radical (unpaired) electrons. The first-order valence-electron chi connectivity index (χ1n) is 14.5. The van der Waals surface area contributed by atoms with Crippen molar-refractivity contribution in [2.24, 2.45) is 0 Å². The molecular weight excluding hydrogens is 558 g/mol. The van der Waals surface area contributed by atoms with Gasteiger partial charge in [0, 0.05) is 37.0 Å². The van der Waals surface area contributed by atoms with E-state index in [9.17, 15) is 14.7 Å². The molecule has 2 bridgehead atoms. The van der Waals surface area contributed by atoms with Crippen LogP contribution in [0.5, 0.6) is 0 Å². The zero-order valence-corrected chi connectivity index (χ0v) is 25.4. The summed E-state index contributed by atoms with van der Waals surface area (Å²) in [6.07, 6.45) is 5.79. The molecule has 2 aliphatic heterocycles. The van der Waals surface area contributed by atoms with Crippen molar-refractivity contribution in [1.29, 1.82) is 0 Å². The number of carbonyl (C=O) groups excluding carboxylic acids is 2. The minimum absolute atomic E-state index is 0. The Morgan fingerprint density at radius 1 is 0.927 bits per heavy atom. The van der Waals surface area contributed by atoms with Crippen molar-refractivity contribution in [2.45, 2.75) is 82.2 Å². The number of piperidine rings is 1. The fraction of sp³-hybridized carbons (Fsp3) is 0.455. The van der Waals surface area contributed by atoms with E-state index in [1.165, 1.54) is 9.75 Å². The van der Waals surface area contributed by atoms with Crippen molar-refractivity contribution in [3.63, 3.8) is 0 Å². The van der Waals surface area contributed by atoms with Gasteiger partial charge in [0.25, 0.3) is 0 Å². The third-order valence-electron chi connectivity index (χ3n) is 8.85. The molecule has 2 saturated heterocycles. The van der Waals surface area contributed by atoms with Crippen LogP contribution >= 0.6 is 11.3 Å². The molecule has 0 unspecified atom stereocenters. The Morgan fingerprint density at radius 3 is 2.05 bits per heavy atom. The summed E-state index contributed by atoms with van der Waals surface area (Å²) >= 11 is 1.85. The Bertz CT molecular complexity index is 1240. The van der Waals surface area contributed by atoms with Crippen molar-refractivity contribution < 1.29 is 41.1 Å². The molecule has 2 aromatic carbocycles. The number of halogens is 1. The van der Waals surface area contributed by atoms with Crippen molar-refractivity contribution in [3.05, 3.63) is 93.7 Å². The maximum Gasteiger partial charge on any atom is 0.347 e. The minimum Gasteiger partial charge on any atom is -1.00 e. The number of fused-ring (bicyclic) bond motifs is 2. The van der Waals surface area contributed by atoms with Gasteiger partial charge in [0.1, 0.15) is 12.6 Å². The summed E-state index contributed by atoms with van der Waals surface area (Å²) < 4.78 is 12.2. The van der Waals surface area contributed by atoms with Gasteiger partial charge in [-0.2, -0.15) is 0 Å². The average Bonchev–Trinajstić information content (AvgIpc) is 3.43. The number of esters is 2. The van der Waals surface area contributed by atoms with Crippen LogP contribution in [-0.4, -0.2) is 53.4 Å². The molecule has 8 heteroatoms. The fourth-order valence-electron chi connectivity index (χ4n) is 6.66. The van der Waals surface area contributed by atoms with E-state index in [0.717, 1.165) is 49.6 Å². The maximum atomic E-state index is 13.7. The fourth-order valence-corrected chi connectivity index (χ4v) is 7.86. The van der Waals surface area contributed by atoms with E-state index in [2.05, 4.69) is 19.2 Å². The highest BCUT2D eigenvalue weighted by atomic mass is 35.5. The molecule has 2 fully saturated rings. The average molecular weight is 598 g/mol. The van der Waals surface area contributed by atoms with E-state index in [1.807, 2.05) is 54.7 Å². The van der Waals surface area contributed by atoms with E-state index in [-0.39, 0.29) is 24.5 Å². The van der Waals surface area contributed by atoms with Gasteiger partial charge in [0.2, 0.25) is 5.60 Å². The molecule has 3 heterocycles. The van der Waals surface area contributed by atoms with E-state index in [1.54, 1.807) is 24.3 Å². The smallest absolute Gasteiger partial charge is 0.347 e. The second-order valence-corrected chi connectivity index (χ2v) is 12.6. The number of benzene rings is 2. The van der Waals surface area contributed by atoms with Gasteiger partial charge in [-0.05, 0) is 43.0 Å². The van der Waals surface area contributed by atoms with E-state index < -0.39 is 11.6 Å². The van der Waals surface area contributed by atoms with Crippen molar-refractivity contribution in [2.75, 3.05) is 13.7 Å². The molecule has 41 heavy (non-hydrogen) atoms. The van der Waals surface area contributed by atoms with Gasteiger partial charge in [0.15, 0.2) is 0 Å². The zero-order valence-electron chi connectivity index (χ0n) is 23.8. The number of rotatable bonds is 11. The first-order chi connectivity index (χ1) is 19.3. The Balaban J connectivity index is 0.00000387. The van der Waals surface area contributed by atoms with Gasteiger partial charge in [-0.15, -0.1) is 11.3 Å². The van der Waals surface area contributed by atoms with Crippen LogP contribution in [0, 0.1) is 0 Å². The van der Waals surface area contributed by atoms with Gasteiger partial charge in [-0.25, -0.2) is 4.79 Å². The standard InChI is InChI=1S/C33H40NO5S.ClH/c1-3-38-31(35)16-10-15-29-19-20-30(40-29)23-34(2)26-17-18-27(34)22-28(21-26)39-32(36)33(37,24-11-6-4-7-12-24)25-13-8-5-9-14-25;/h4-9,11-14,19-20,26-28,37H,3,10,15-18,21-23H2,1-2H3;1H/q+1;/p-1/t26-,27+,28+,34-;.